The first-order chi connectivity index (χ1) is 8.79. The van der Waals surface area contributed by atoms with Crippen molar-refractivity contribution < 1.29 is 9.53 Å². The van der Waals surface area contributed by atoms with E-state index in [4.69, 9.17) is 4.74 Å². The van der Waals surface area contributed by atoms with Gasteiger partial charge in [-0.1, -0.05) is 24.3 Å². The molecule has 0 amide bonds. The fourth-order valence-electron chi connectivity index (χ4n) is 2.86. The summed E-state index contributed by atoms with van der Waals surface area (Å²) in [6.45, 7) is 1.59. The van der Waals surface area contributed by atoms with Crippen LogP contribution < -0.4 is 5.32 Å². The zero-order valence-corrected chi connectivity index (χ0v) is 10.7. The summed E-state index contributed by atoms with van der Waals surface area (Å²) in [5.41, 5.74) is 2.69. The molecule has 3 heteroatoms. The van der Waals surface area contributed by atoms with Crippen molar-refractivity contribution in [2.45, 2.75) is 24.7 Å². The van der Waals surface area contributed by atoms with E-state index in [1.54, 1.807) is 0 Å². The van der Waals surface area contributed by atoms with Crippen molar-refractivity contribution in [3.63, 3.8) is 0 Å². The first kappa shape index (κ1) is 11.7. The Morgan fingerprint density at radius 2 is 1.83 bits per heavy atom. The Labute approximate surface area is 108 Å². The summed E-state index contributed by atoms with van der Waals surface area (Å²) in [5, 5.41) is 3.29. The lowest BCUT2D eigenvalue weighted by Gasteiger charge is -2.17. The molecule has 2 aliphatic rings. The van der Waals surface area contributed by atoms with Gasteiger partial charge in [-0.2, -0.15) is 0 Å². The average Bonchev–Trinajstić information content (AvgIpc) is 3.15. The maximum absolute atomic E-state index is 11.7. The molecule has 3 nitrogen and oxygen atoms in total. The number of nitrogens with one attached hydrogen (secondary N) is 1. The molecule has 2 unspecified atom stereocenters. The predicted molar refractivity (Wildman–Crippen MR) is 69.5 cm³/mol. The van der Waals surface area contributed by atoms with E-state index in [1.807, 2.05) is 0 Å². The third-order valence-corrected chi connectivity index (χ3v) is 4.13. The molecule has 1 heterocycles. The largest absolute Gasteiger partial charge is 0.469 e. The Balaban J connectivity index is 1.78. The summed E-state index contributed by atoms with van der Waals surface area (Å²) < 4.78 is 4.88. The Morgan fingerprint density at radius 3 is 2.44 bits per heavy atom. The minimum absolute atomic E-state index is 0.0400. The summed E-state index contributed by atoms with van der Waals surface area (Å²) in [4.78, 5) is 11.7. The van der Waals surface area contributed by atoms with Crippen LogP contribution in [-0.4, -0.2) is 26.2 Å². The van der Waals surface area contributed by atoms with Gasteiger partial charge < -0.3 is 10.1 Å². The lowest BCUT2D eigenvalue weighted by Crippen LogP contribution is -2.22. The topological polar surface area (TPSA) is 38.3 Å². The molecule has 18 heavy (non-hydrogen) atoms. The highest BCUT2D eigenvalue weighted by molar-refractivity contribution is 5.74. The standard InChI is InChI=1S/C15H19NO2/c1-18-15(17)14-9-16-8-13(14)12-6-4-11(5-7-12)10-2-3-10/h4-7,10,13-14,16H,2-3,8-9H2,1H3. The molecule has 96 valence electrons. The fourth-order valence-corrected chi connectivity index (χ4v) is 2.86. The number of hydrogen-bond acceptors (Lipinski definition) is 3. The van der Waals surface area contributed by atoms with Gasteiger partial charge in [0.15, 0.2) is 0 Å². The molecule has 1 N–H and O–H groups in total. The Kier molecular flexibility index (Phi) is 3.08. The first-order valence-corrected chi connectivity index (χ1v) is 6.68. The van der Waals surface area contributed by atoms with Gasteiger partial charge in [0.05, 0.1) is 13.0 Å². The summed E-state index contributed by atoms with van der Waals surface area (Å²) in [5.74, 6) is 0.904. The molecule has 0 bridgehead atoms. The molecule has 0 spiro atoms. The van der Waals surface area contributed by atoms with Crippen LogP contribution in [0.15, 0.2) is 24.3 Å². The Hall–Kier alpha value is -1.35. The van der Waals surface area contributed by atoms with Crippen molar-refractivity contribution in [3.8, 4) is 0 Å². The predicted octanol–water partition coefficient (Wildman–Crippen LogP) is 2.04. The van der Waals surface area contributed by atoms with Crippen LogP contribution in [-0.2, 0) is 9.53 Å². The van der Waals surface area contributed by atoms with Crippen LogP contribution in [0.4, 0.5) is 0 Å². The maximum Gasteiger partial charge on any atom is 0.310 e. The summed E-state index contributed by atoms with van der Waals surface area (Å²) in [6.07, 6.45) is 2.66. The third-order valence-electron chi connectivity index (χ3n) is 4.13. The van der Waals surface area contributed by atoms with Crippen molar-refractivity contribution in [1.29, 1.82) is 0 Å². The van der Waals surface area contributed by atoms with Crippen molar-refractivity contribution in [1.82, 2.24) is 5.32 Å². The number of methoxy groups -OCH3 is 1. The van der Waals surface area contributed by atoms with Gasteiger partial charge in [-0.15, -0.1) is 0 Å². The highest BCUT2D eigenvalue weighted by Gasteiger charge is 2.34. The SMILES string of the molecule is COC(=O)C1CNCC1c1ccc(C2CC2)cc1. The van der Waals surface area contributed by atoms with Gasteiger partial charge in [-0.25, -0.2) is 0 Å². The average molecular weight is 245 g/mol. The van der Waals surface area contributed by atoms with Crippen molar-refractivity contribution >= 4 is 5.97 Å². The van der Waals surface area contributed by atoms with Gasteiger partial charge in [0.2, 0.25) is 0 Å². The molecule has 3 rings (SSSR count). The Morgan fingerprint density at radius 1 is 1.17 bits per heavy atom. The second kappa shape index (κ2) is 4.73. The minimum Gasteiger partial charge on any atom is -0.469 e. The first-order valence-electron chi connectivity index (χ1n) is 6.68. The summed E-state index contributed by atoms with van der Waals surface area (Å²) >= 11 is 0. The number of esters is 1. The monoisotopic (exact) mass is 245 g/mol. The van der Waals surface area contributed by atoms with Gasteiger partial charge in [0, 0.05) is 19.0 Å². The lowest BCUT2D eigenvalue weighted by atomic mass is 9.88. The summed E-state index contributed by atoms with van der Waals surface area (Å²) in [7, 11) is 1.47. The molecule has 1 aliphatic heterocycles. The number of hydrogen-bond donors (Lipinski definition) is 1. The molecule has 0 radical (unpaired) electrons. The lowest BCUT2D eigenvalue weighted by molar-refractivity contribution is -0.145. The third kappa shape index (κ3) is 2.15. The van der Waals surface area contributed by atoms with Crippen LogP contribution in [0.2, 0.25) is 0 Å². The molecular weight excluding hydrogens is 226 g/mol. The van der Waals surface area contributed by atoms with Crippen LogP contribution in [0.1, 0.15) is 35.8 Å². The van der Waals surface area contributed by atoms with Crippen LogP contribution in [0.5, 0.6) is 0 Å². The molecule has 1 aromatic rings. The zero-order chi connectivity index (χ0) is 12.5. The maximum atomic E-state index is 11.7. The quantitative estimate of drug-likeness (QED) is 0.828. The molecule has 0 aromatic heterocycles. The normalized spacial score (nSPS) is 27.2. The number of benzene rings is 1. The van der Waals surface area contributed by atoms with Gasteiger partial charge >= 0.3 is 5.97 Å². The second-order valence-corrected chi connectivity index (χ2v) is 5.34. The highest BCUT2D eigenvalue weighted by atomic mass is 16.5. The van der Waals surface area contributed by atoms with E-state index < -0.39 is 0 Å². The van der Waals surface area contributed by atoms with Crippen molar-refractivity contribution in [2.75, 3.05) is 20.2 Å². The van der Waals surface area contributed by atoms with Crippen LogP contribution in [0.25, 0.3) is 0 Å². The number of carbonyl (C=O) groups excluding carboxylic acids is 1. The molecule has 2 atom stereocenters. The van der Waals surface area contributed by atoms with E-state index in [-0.39, 0.29) is 17.8 Å². The van der Waals surface area contributed by atoms with E-state index in [9.17, 15) is 4.79 Å². The fraction of sp³-hybridized carbons (Fsp3) is 0.533. The van der Waals surface area contributed by atoms with Gasteiger partial charge in [-0.3, -0.25) is 4.79 Å². The van der Waals surface area contributed by atoms with E-state index >= 15 is 0 Å². The summed E-state index contributed by atoms with van der Waals surface area (Å²) in [6, 6.07) is 8.81. The molecule has 1 aromatic carbocycles. The number of ether oxygens (including phenoxy) is 1. The van der Waals surface area contributed by atoms with Crippen molar-refractivity contribution in [2.24, 2.45) is 5.92 Å². The molecule has 1 saturated heterocycles. The van der Waals surface area contributed by atoms with E-state index in [0.717, 1.165) is 19.0 Å². The van der Waals surface area contributed by atoms with E-state index in [0.29, 0.717) is 0 Å². The molecular formula is C15H19NO2. The van der Waals surface area contributed by atoms with Crippen LogP contribution in [0, 0.1) is 5.92 Å². The van der Waals surface area contributed by atoms with E-state index in [2.05, 4.69) is 29.6 Å². The van der Waals surface area contributed by atoms with Gasteiger partial charge in [0.1, 0.15) is 0 Å². The Bertz CT molecular complexity index is 436. The molecule has 2 fully saturated rings. The second-order valence-electron chi connectivity index (χ2n) is 5.34. The van der Waals surface area contributed by atoms with Crippen LogP contribution >= 0.6 is 0 Å². The van der Waals surface area contributed by atoms with Gasteiger partial charge in [0.25, 0.3) is 0 Å². The number of rotatable bonds is 3. The van der Waals surface area contributed by atoms with Gasteiger partial charge in [-0.05, 0) is 29.9 Å². The number of carbonyl (C=O) groups is 1. The molecule has 1 aliphatic carbocycles. The van der Waals surface area contributed by atoms with Crippen LogP contribution in [0.3, 0.4) is 0 Å². The minimum atomic E-state index is -0.101. The van der Waals surface area contributed by atoms with E-state index in [1.165, 1.54) is 31.1 Å². The highest BCUT2D eigenvalue weighted by Crippen LogP contribution is 2.40. The smallest absolute Gasteiger partial charge is 0.310 e. The molecule has 1 saturated carbocycles. The zero-order valence-electron chi connectivity index (χ0n) is 10.7. The van der Waals surface area contributed by atoms with Crippen molar-refractivity contribution in [3.05, 3.63) is 35.4 Å².